The molecule has 2 N–H and O–H groups in total. The Morgan fingerprint density at radius 3 is 1.69 bits per heavy atom. The highest BCUT2D eigenvalue weighted by Crippen LogP contribution is 2.14. The average Bonchev–Trinajstić information content (AvgIpc) is 3.10. The van der Waals surface area contributed by atoms with Crippen LogP contribution in [0.5, 0.6) is 0 Å². The average molecular weight is 478 g/mol. The molecule has 0 saturated carbocycles. The number of nitrogens with two attached hydrogens (primary N) is 1. The van der Waals surface area contributed by atoms with Crippen LogP contribution in [0.15, 0.2) is 0 Å². The van der Waals surface area contributed by atoms with Crippen LogP contribution in [0, 0.1) is 0 Å². The molecule has 0 amide bonds. The Labute approximate surface area is 198 Å². The Morgan fingerprint density at radius 2 is 1.31 bits per heavy atom. The second-order valence-electron chi connectivity index (χ2n) is 8.89. The van der Waals surface area contributed by atoms with E-state index < -0.39 is 10.4 Å². The number of rotatable bonds is 19. The normalized spacial score (nSPS) is 14.1. The molecule has 0 atom stereocenters. The minimum absolute atomic E-state index is 0.774. The molecule has 0 fully saturated rings. The molecule has 192 valence electrons. The third-order valence-electron chi connectivity index (χ3n) is 6.12. The molecule has 1 heterocycles. The molecule has 0 aromatic heterocycles. The Bertz CT molecular complexity index is 568. The van der Waals surface area contributed by atoms with E-state index in [-0.39, 0.29) is 0 Å². The van der Waals surface area contributed by atoms with E-state index >= 15 is 0 Å². The molecule has 1 aliphatic rings. The Kier molecular flexibility index (Phi) is 20.4. The van der Waals surface area contributed by atoms with Crippen LogP contribution in [0.3, 0.4) is 0 Å². The van der Waals surface area contributed by atoms with Gasteiger partial charge < -0.3 is 10.3 Å². The van der Waals surface area contributed by atoms with Crippen molar-refractivity contribution in [3.8, 4) is 0 Å². The van der Waals surface area contributed by atoms with Crippen molar-refractivity contribution in [3.05, 3.63) is 0 Å². The molecule has 0 aliphatic carbocycles. The minimum atomic E-state index is -4.41. The molecule has 0 radical (unpaired) electrons. The summed E-state index contributed by atoms with van der Waals surface area (Å²) in [5, 5.41) is 0. The van der Waals surface area contributed by atoms with Crippen molar-refractivity contribution < 1.29 is 21.7 Å². The molecule has 1 rings (SSSR count). The van der Waals surface area contributed by atoms with Crippen molar-refractivity contribution in [1.29, 1.82) is 0 Å². The van der Waals surface area contributed by atoms with E-state index in [1.807, 2.05) is 0 Å². The molecular formula is C24H51N3O4S. The zero-order valence-corrected chi connectivity index (χ0v) is 22.0. The lowest BCUT2D eigenvalue weighted by Gasteiger charge is -2.12. The molecule has 7 nitrogen and oxygen atoms in total. The van der Waals surface area contributed by atoms with Gasteiger partial charge in [0.05, 0.1) is 20.7 Å². The van der Waals surface area contributed by atoms with E-state index in [2.05, 4.69) is 27.6 Å². The second-order valence-corrected chi connectivity index (χ2v) is 10.0. The van der Waals surface area contributed by atoms with Crippen LogP contribution in [0.2, 0.25) is 0 Å². The third kappa shape index (κ3) is 18.8. The summed E-state index contributed by atoms with van der Waals surface area (Å²) in [5.74, 6) is 1.53. The fraction of sp³-hybridized carbons (Fsp3) is 0.958. The molecule has 0 saturated heterocycles. The lowest BCUT2D eigenvalue weighted by molar-refractivity contribution is -0.487. The lowest BCUT2D eigenvalue weighted by atomic mass is 10.0. The van der Waals surface area contributed by atoms with Crippen molar-refractivity contribution >= 4 is 16.2 Å². The summed E-state index contributed by atoms with van der Waals surface area (Å²) in [6, 6.07) is 0. The van der Waals surface area contributed by atoms with Gasteiger partial charge in [-0.3, -0.25) is 13.7 Å². The number of likely N-dealkylation sites (N-methyl/N-ethyl adjacent to an activating group) is 1. The van der Waals surface area contributed by atoms with Crippen molar-refractivity contribution in [2.75, 3.05) is 40.3 Å². The van der Waals surface area contributed by atoms with Gasteiger partial charge in [0, 0.05) is 13.0 Å². The number of hydrogen-bond acceptors (Lipinski definition) is 6. The zero-order valence-electron chi connectivity index (χ0n) is 21.2. The highest BCUT2D eigenvalue weighted by molar-refractivity contribution is 7.80. The van der Waals surface area contributed by atoms with Gasteiger partial charge in [0.1, 0.15) is 13.1 Å². The van der Waals surface area contributed by atoms with Gasteiger partial charge in [-0.25, -0.2) is 8.42 Å². The molecule has 8 heteroatoms. The Balaban J connectivity index is 0.00000140. The monoisotopic (exact) mass is 477 g/mol. The molecule has 32 heavy (non-hydrogen) atoms. The maximum atomic E-state index is 9.22. The van der Waals surface area contributed by atoms with Crippen LogP contribution < -0.4 is 5.73 Å². The summed E-state index contributed by atoms with van der Waals surface area (Å²) < 4.78 is 33.5. The maximum Gasteiger partial charge on any atom is 0.246 e. The van der Waals surface area contributed by atoms with Gasteiger partial charge in [0.2, 0.25) is 16.2 Å². The highest BCUT2D eigenvalue weighted by Gasteiger charge is 2.26. The van der Waals surface area contributed by atoms with Crippen LogP contribution in [0.25, 0.3) is 0 Å². The van der Waals surface area contributed by atoms with Gasteiger partial charge in [-0.2, -0.15) is 0 Å². The first-order valence-electron chi connectivity index (χ1n) is 12.9. The molecule has 1 aliphatic heterocycles. The summed E-state index contributed by atoms with van der Waals surface area (Å²) in [7, 11) is -1.37. The van der Waals surface area contributed by atoms with Gasteiger partial charge in [0.15, 0.2) is 0 Å². The molecule has 0 aromatic carbocycles. The lowest BCUT2D eigenvalue weighted by Crippen LogP contribution is -2.33. The van der Waals surface area contributed by atoms with E-state index in [0.717, 1.165) is 20.2 Å². The van der Waals surface area contributed by atoms with E-state index in [0.29, 0.717) is 0 Å². The highest BCUT2D eigenvalue weighted by atomic mass is 32.3. The third-order valence-corrected chi connectivity index (χ3v) is 6.53. The number of unbranched alkanes of at least 4 members (excludes halogenated alkanes) is 14. The Hall–Kier alpha value is -0.700. The first-order chi connectivity index (χ1) is 15.4. The predicted octanol–water partition coefficient (Wildman–Crippen LogP) is 4.66. The van der Waals surface area contributed by atoms with Gasteiger partial charge in [0.25, 0.3) is 0 Å². The molecule has 0 aromatic rings. The first-order valence-corrected chi connectivity index (χ1v) is 14.2. The van der Waals surface area contributed by atoms with Crippen molar-refractivity contribution in [2.45, 2.75) is 110 Å². The van der Waals surface area contributed by atoms with Crippen LogP contribution >= 0.6 is 0 Å². The van der Waals surface area contributed by atoms with E-state index in [4.69, 9.17) is 5.73 Å². The zero-order chi connectivity index (χ0) is 24.1. The number of nitrogens with zero attached hydrogens (tertiary/aromatic N) is 2. The maximum absolute atomic E-state index is 9.22. The van der Waals surface area contributed by atoms with Crippen LogP contribution in [-0.4, -0.2) is 68.6 Å². The van der Waals surface area contributed by atoms with E-state index in [1.54, 1.807) is 0 Å². The summed E-state index contributed by atoms with van der Waals surface area (Å²) >= 11 is 0. The Morgan fingerprint density at radius 1 is 0.906 bits per heavy atom. The quantitative estimate of drug-likeness (QED) is 0.126. The first kappa shape index (κ1) is 31.3. The van der Waals surface area contributed by atoms with Gasteiger partial charge in [-0.1, -0.05) is 96.8 Å². The SMILES string of the molecule is CCCCCCCCCCCCCCCCCC1=[N+](C)CCN1CCN.COS(=O)(=O)[O-]. The van der Waals surface area contributed by atoms with Gasteiger partial charge in [-0.15, -0.1) is 0 Å². The second kappa shape index (κ2) is 20.9. The number of hydrogen-bond donors (Lipinski definition) is 1. The topological polar surface area (TPSA) is 98.7 Å². The van der Waals surface area contributed by atoms with Crippen LogP contribution in [0.4, 0.5) is 0 Å². The molecule has 0 spiro atoms. The van der Waals surface area contributed by atoms with Crippen LogP contribution in [-0.2, 0) is 14.6 Å². The fourth-order valence-electron chi connectivity index (χ4n) is 4.17. The molecule has 0 bridgehead atoms. The van der Waals surface area contributed by atoms with Crippen molar-refractivity contribution in [1.82, 2.24) is 4.90 Å². The summed E-state index contributed by atoms with van der Waals surface area (Å²) in [6.45, 7) is 6.44. The van der Waals surface area contributed by atoms with Crippen molar-refractivity contribution in [3.63, 3.8) is 0 Å². The molecule has 0 unspecified atom stereocenters. The summed E-state index contributed by atoms with van der Waals surface area (Å²) in [6.07, 6.45) is 22.8. The number of amidine groups is 1. The smallest absolute Gasteiger partial charge is 0.246 e. The van der Waals surface area contributed by atoms with Gasteiger partial charge in [-0.05, 0) is 6.42 Å². The van der Waals surface area contributed by atoms with Gasteiger partial charge >= 0.3 is 0 Å². The summed E-state index contributed by atoms with van der Waals surface area (Å²) in [5.41, 5.74) is 5.73. The van der Waals surface area contributed by atoms with E-state index in [9.17, 15) is 13.0 Å². The fourth-order valence-corrected chi connectivity index (χ4v) is 4.17. The molecular weight excluding hydrogens is 426 g/mol. The summed E-state index contributed by atoms with van der Waals surface area (Å²) in [4.78, 5) is 2.49. The van der Waals surface area contributed by atoms with E-state index in [1.165, 1.54) is 122 Å². The van der Waals surface area contributed by atoms with Crippen molar-refractivity contribution in [2.24, 2.45) is 5.73 Å². The minimum Gasteiger partial charge on any atom is -0.726 e. The standard InChI is InChI=1S/C23H48N3.CH4O4S/c1-3-4-5-6-7-8-9-10-11-12-13-14-15-16-17-18-23-25(2)21-22-26(23)20-19-24;1-5-6(2,3)4/h3-22,24H2,1-2H3;1H3,(H,2,3,4)/q+1;/p-1. The predicted molar refractivity (Wildman–Crippen MR) is 133 cm³/mol. The largest absolute Gasteiger partial charge is 0.726 e. The van der Waals surface area contributed by atoms with Crippen LogP contribution in [0.1, 0.15) is 110 Å².